The highest BCUT2D eigenvalue weighted by atomic mass is 79.9. The molecule has 0 spiro atoms. The molecule has 2 N–H and O–H groups in total. The molecule has 0 bridgehead atoms. The third kappa shape index (κ3) is 5.12. The van der Waals surface area contributed by atoms with Crippen molar-refractivity contribution in [3.05, 3.63) is 86.5 Å². The number of nitrogens with one attached hydrogen (secondary N) is 2. The lowest BCUT2D eigenvalue weighted by Crippen LogP contribution is -2.27. The molecular formula is C23H20BrClN4O2. The predicted molar refractivity (Wildman–Crippen MR) is 126 cm³/mol. The number of likely N-dealkylation sites (N-methyl/N-ethyl adjacent to an activating group) is 1. The summed E-state index contributed by atoms with van der Waals surface area (Å²) < 4.78 is 0.720. The topological polar surface area (TPSA) is 74.3 Å². The van der Waals surface area contributed by atoms with E-state index in [1.807, 2.05) is 18.2 Å². The summed E-state index contributed by atoms with van der Waals surface area (Å²) in [5, 5.41) is 6.08. The lowest BCUT2D eigenvalue weighted by molar-refractivity contribution is 0.102. The van der Waals surface area contributed by atoms with Gasteiger partial charge in [-0.2, -0.15) is 0 Å². The van der Waals surface area contributed by atoms with E-state index in [1.54, 1.807) is 30.3 Å². The van der Waals surface area contributed by atoms with Crippen molar-refractivity contribution < 1.29 is 9.59 Å². The van der Waals surface area contributed by atoms with E-state index < -0.39 is 0 Å². The molecule has 0 saturated heterocycles. The van der Waals surface area contributed by atoms with E-state index >= 15 is 0 Å². The number of carbonyl (C=O) groups is 2. The van der Waals surface area contributed by atoms with E-state index in [9.17, 15) is 9.59 Å². The molecule has 2 heterocycles. The van der Waals surface area contributed by atoms with Crippen LogP contribution in [-0.4, -0.2) is 35.3 Å². The van der Waals surface area contributed by atoms with Gasteiger partial charge >= 0.3 is 0 Å². The summed E-state index contributed by atoms with van der Waals surface area (Å²) in [5.41, 5.74) is 3.73. The third-order valence-electron chi connectivity index (χ3n) is 5.12. The molecule has 0 aliphatic carbocycles. The average molecular weight is 500 g/mol. The second-order valence-electron chi connectivity index (χ2n) is 7.43. The maximum absolute atomic E-state index is 12.9. The normalized spacial score (nSPS) is 13.4. The Labute approximate surface area is 193 Å². The zero-order chi connectivity index (χ0) is 22.0. The van der Waals surface area contributed by atoms with Gasteiger partial charge in [-0.05, 0) is 67.1 Å². The van der Waals surface area contributed by atoms with Crippen molar-refractivity contribution >= 4 is 50.9 Å². The van der Waals surface area contributed by atoms with Crippen LogP contribution in [0.1, 0.15) is 31.8 Å². The van der Waals surface area contributed by atoms with Gasteiger partial charge in [0.2, 0.25) is 0 Å². The number of nitrogens with zero attached hydrogens (tertiary/aromatic N) is 2. The smallest absolute Gasteiger partial charge is 0.258 e. The Morgan fingerprint density at radius 3 is 2.65 bits per heavy atom. The lowest BCUT2D eigenvalue weighted by atomic mass is 9.97. The Kier molecular flexibility index (Phi) is 6.36. The minimum Gasteiger partial charge on any atom is -0.321 e. The van der Waals surface area contributed by atoms with Crippen LogP contribution in [0.4, 0.5) is 11.5 Å². The van der Waals surface area contributed by atoms with Gasteiger partial charge in [-0.1, -0.05) is 33.6 Å². The average Bonchev–Trinajstić information content (AvgIpc) is 2.76. The molecule has 1 aliphatic rings. The number of rotatable bonds is 4. The minimum atomic E-state index is -0.389. The molecule has 0 radical (unpaired) electrons. The number of anilines is 2. The van der Waals surface area contributed by atoms with Crippen molar-refractivity contribution in [2.45, 2.75) is 13.0 Å². The van der Waals surface area contributed by atoms with Gasteiger partial charge in [-0.25, -0.2) is 4.98 Å². The van der Waals surface area contributed by atoms with Crippen LogP contribution in [0.25, 0.3) is 0 Å². The molecule has 31 heavy (non-hydrogen) atoms. The first kappa shape index (κ1) is 21.5. The van der Waals surface area contributed by atoms with Gasteiger partial charge in [0, 0.05) is 29.3 Å². The highest BCUT2D eigenvalue weighted by molar-refractivity contribution is 9.10. The van der Waals surface area contributed by atoms with Gasteiger partial charge in [-0.3, -0.25) is 9.59 Å². The maximum atomic E-state index is 12.9. The first-order chi connectivity index (χ1) is 14.9. The number of halogens is 2. The summed E-state index contributed by atoms with van der Waals surface area (Å²) >= 11 is 9.23. The molecule has 0 unspecified atom stereocenters. The first-order valence-electron chi connectivity index (χ1n) is 9.73. The van der Waals surface area contributed by atoms with E-state index in [-0.39, 0.29) is 11.8 Å². The van der Waals surface area contributed by atoms with Crippen molar-refractivity contribution in [1.82, 2.24) is 9.88 Å². The molecular weight excluding hydrogens is 480 g/mol. The number of hydrogen-bond donors (Lipinski definition) is 2. The second-order valence-corrected chi connectivity index (χ2v) is 8.78. The zero-order valence-electron chi connectivity index (χ0n) is 16.8. The van der Waals surface area contributed by atoms with Crippen LogP contribution in [0.15, 0.2) is 59.2 Å². The van der Waals surface area contributed by atoms with Crippen LogP contribution in [-0.2, 0) is 13.0 Å². The van der Waals surface area contributed by atoms with E-state index in [1.165, 1.54) is 17.3 Å². The highest BCUT2D eigenvalue weighted by Crippen LogP contribution is 2.24. The summed E-state index contributed by atoms with van der Waals surface area (Å²) in [4.78, 5) is 32.1. The summed E-state index contributed by atoms with van der Waals surface area (Å²) in [6.07, 6.45) is 2.36. The van der Waals surface area contributed by atoms with Crippen LogP contribution in [0, 0.1) is 0 Å². The molecule has 0 fully saturated rings. The largest absolute Gasteiger partial charge is 0.321 e. The number of amides is 2. The van der Waals surface area contributed by atoms with Crippen LogP contribution in [0.5, 0.6) is 0 Å². The zero-order valence-corrected chi connectivity index (χ0v) is 19.1. The molecule has 0 atom stereocenters. The van der Waals surface area contributed by atoms with Crippen LogP contribution in [0.3, 0.4) is 0 Å². The Hall–Kier alpha value is -2.74. The number of pyridine rings is 1. The van der Waals surface area contributed by atoms with Gasteiger partial charge in [-0.15, -0.1) is 0 Å². The SMILES string of the molecule is CN1CCc2cc(C(=O)Nc3ccc(Br)cc3C(=O)Nc3ccc(Cl)cn3)ccc2C1. The Balaban J connectivity index is 1.55. The van der Waals surface area contributed by atoms with Crippen LogP contribution in [0.2, 0.25) is 5.02 Å². The van der Waals surface area contributed by atoms with Crippen molar-refractivity contribution in [2.75, 3.05) is 24.2 Å². The lowest BCUT2D eigenvalue weighted by Gasteiger charge is -2.25. The molecule has 2 amide bonds. The summed E-state index contributed by atoms with van der Waals surface area (Å²) in [6, 6.07) is 14.1. The van der Waals surface area contributed by atoms with Crippen LogP contribution >= 0.6 is 27.5 Å². The fourth-order valence-electron chi connectivity index (χ4n) is 3.48. The van der Waals surface area contributed by atoms with E-state index in [2.05, 4.69) is 43.5 Å². The van der Waals surface area contributed by atoms with Gasteiger partial charge < -0.3 is 15.5 Å². The molecule has 1 aromatic heterocycles. The van der Waals surface area contributed by atoms with Crippen molar-refractivity contribution in [1.29, 1.82) is 0 Å². The molecule has 6 nitrogen and oxygen atoms in total. The van der Waals surface area contributed by atoms with Gasteiger partial charge in [0.1, 0.15) is 5.82 Å². The van der Waals surface area contributed by atoms with Gasteiger partial charge in [0.25, 0.3) is 11.8 Å². The highest BCUT2D eigenvalue weighted by Gasteiger charge is 2.18. The summed E-state index contributed by atoms with van der Waals surface area (Å²) in [5.74, 6) is -0.283. The first-order valence-corrected chi connectivity index (χ1v) is 10.9. The number of benzene rings is 2. The van der Waals surface area contributed by atoms with E-state index in [0.29, 0.717) is 27.7 Å². The summed E-state index contributed by atoms with van der Waals surface area (Å²) in [6.45, 7) is 1.85. The fourth-order valence-corrected chi connectivity index (χ4v) is 3.95. The molecule has 158 valence electrons. The predicted octanol–water partition coefficient (Wildman–Crippen LogP) is 4.99. The maximum Gasteiger partial charge on any atom is 0.258 e. The Morgan fingerprint density at radius 1 is 1.03 bits per heavy atom. The monoisotopic (exact) mass is 498 g/mol. The minimum absolute atomic E-state index is 0.261. The quantitative estimate of drug-likeness (QED) is 0.530. The molecule has 3 aromatic rings. The number of aromatic nitrogens is 1. The van der Waals surface area contributed by atoms with Crippen LogP contribution < -0.4 is 10.6 Å². The van der Waals surface area contributed by atoms with Crippen molar-refractivity contribution in [2.24, 2.45) is 0 Å². The van der Waals surface area contributed by atoms with Gasteiger partial charge in [0.05, 0.1) is 16.3 Å². The fraction of sp³-hybridized carbons (Fsp3) is 0.174. The van der Waals surface area contributed by atoms with E-state index in [0.717, 1.165) is 24.0 Å². The Morgan fingerprint density at radius 2 is 1.87 bits per heavy atom. The summed E-state index contributed by atoms with van der Waals surface area (Å²) in [7, 11) is 2.09. The molecule has 0 saturated carbocycles. The number of fused-ring (bicyclic) bond motifs is 1. The molecule has 2 aromatic carbocycles. The van der Waals surface area contributed by atoms with Crippen molar-refractivity contribution in [3.8, 4) is 0 Å². The molecule has 4 rings (SSSR count). The standard InChI is InChI=1S/C23H20BrClN4O2/c1-29-9-8-14-10-15(2-3-16(14)13-29)22(30)27-20-6-4-17(24)11-19(20)23(31)28-21-7-5-18(25)12-26-21/h2-7,10-12H,8-9,13H2,1H3,(H,27,30)(H,26,28,31). The van der Waals surface area contributed by atoms with Gasteiger partial charge in [0.15, 0.2) is 0 Å². The molecule has 1 aliphatic heterocycles. The van der Waals surface area contributed by atoms with E-state index in [4.69, 9.17) is 11.6 Å². The number of hydrogen-bond acceptors (Lipinski definition) is 4. The number of carbonyl (C=O) groups excluding carboxylic acids is 2. The Bertz CT molecular complexity index is 1150. The van der Waals surface area contributed by atoms with Crippen molar-refractivity contribution in [3.63, 3.8) is 0 Å². The third-order valence-corrected chi connectivity index (χ3v) is 5.83. The molecule has 8 heteroatoms. The second kappa shape index (κ2) is 9.18.